The van der Waals surface area contributed by atoms with Gasteiger partial charge in [-0.1, -0.05) is 15.9 Å². The molecule has 0 saturated carbocycles. The first-order valence-electron chi connectivity index (χ1n) is 4.28. The minimum Gasteiger partial charge on any atom is -0.497 e. The number of fused-ring (bicyclic) bond motifs is 1. The Labute approximate surface area is 95.4 Å². The van der Waals surface area contributed by atoms with Gasteiger partial charge in [0.05, 0.1) is 7.11 Å². The van der Waals surface area contributed by atoms with Gasteiger partial charge in [-0.2, -0.15) is 5.26 Å². The molecular weight excluding hydrogens is 256 g/mol. The molecule has 74 valence electrons. The van der Waals surface area contributed by atoms with Crippen LogP contribution in [0.3, 0.4) is 0 Å². The number of nitrogens with zero attached hydrogens (tertiary/aromatic N) is 2. The predicted molar refractivity (Wildman–Crippen MR) is 60.7 cm³/mol. The van der Waals surface area contributed by atoms with E-state index >= 15 is 0 Å². The van der Waals surface area contributed by atoms with E-state index in [1.807, 2.05) is 18.2 Å². The van der Waals surface area contributed by atoms with Crippen molar-refractivity contribution in [2.45, 2.75) is 0 Å². The molecule has 1 heterocycles. The highest BCUT2D eigenvalue weighted by molar-refractivity contribution is 9.10. The Morgan fingerprint density at radius 2 is 2.20 bits per heavy atom. The quantitative estimate of drug-likeness (QED) is 0.794. The average molecular weight is 263 g/mol. The third kappa shape index (κ3) is 1.66. The zero-order chi connectivity index (χ0) is 10.8. The van der Waals surface area contributed by atoms with Crippen molar-refractivity contribution in [3.05, 3.63) is 34.6 Å². The lowest BCUT2D eigenvalue weighted by Gasteiger charge is -2.05. The maximum Gasteiger partial charge on any atom is 0.148 e. The maximum absolute atomic E-state index is 8.92. The normalized spacial score (nSPS) is 9.93. The Balaban J connectivity index is 2.87. The van der Waals surface area contributed by atoms with Gasteiger partial charge in [0.15, 0.2) is 0 Å². The number of methoxy groups -OCH3 is 1. The first-order chi connectivity index (χ1) is 7.26. The van der Waals surface area contributed by atoms with Crippen LogP contribution in [0.4, 0.5) is 0 Å². The van der Waals surface area contributed by atoms with Crippen LogP contribution in [-0.4, -0.2) is 12.1 Å². The summed E-state index contributed by atoms with van der Waals surface area (Å²) in [5.41, 5.74) is 0.409. The summed E-state index contributed by atoms with van der Waals surface area (Å²) in [5.74, 6) is 0.707. The second-order valence-electron chi connectivity index (χ2n) is 2.98. The second kappa shape index (κ2) is 3.87. The van der Waals surface area contributed by atoms with E-state index in [4.69, 9.17) is 10.00 Å². The van der Waals surface area contributed by atoms with Crippen LogP contribution in [0.5, 0.6) is 5.75 Å². The van der Waals surface area contributed by atoms with E-state index in [2.05, 4.69) is 27.0 Å². The first-order valence-corrected chi connectivity index (χ1v) is 5.08. The molecule has 0 bridgehead atoms. The van der Waals surface area contributed by atoms with Crippen LogP contribution in [0.15, 0.2) is 28.9 Å². The van der Waals surface area contributed by atoms with Crippen LogP contribution in [0.2, 0.25) is 0 Å². The van der Waals surface area contributed by atoms with E-state index in [1.165, 1.54) is 0 Å². The molecule has 0 spiro atoms. The Hall–Kier alpha value is -1.60. The summed E-state index contributed by atoms with van der Waals surface area (Å²) in [4.78, 5) is 4.00. The fourth-order valence-corrected chi connectivity index (χ4v) is 1.99. The number of aromatic nitrogens is 1. The summed E-state index contributed by atoms with van der Waals surface area (Å²) in [6.45, 7) is 0. The molecule has 2 rings (SSSR count). The summed E-state index contributed by atoms with van der Waals surface area (Å²) in [5, 5.41) is 10.7. The van der Waals surface area contributed by atoms with Crippen molar-refractivity contribution in [2.24, 2.45) is 0 Å². The lowest BCUT2D eigenvalue weighted by molar-refractivity contribution is 0.415. The second-order valence-corrected chi connectivity index (χ2v) is 3.83. The molecule has 0 aliphatic carbocycles. The summed E-state index contributed by atoms with van der Waals surface area (Å²) in [6.07, 6.45) is 1.62. The molecule has 0 radical (unpaired) electrons. The Morgan fingerprint density at radius 1 is 1.40 bits per heavy atom. The lowest BCUT2D eigenvalue weighted by Crippen LogP contribution is -1.88. The zero-order valence-electron chi connectivity index (χ0n) is 7.99. The lowest BCUT2D eigenvalue weighted by atomic mass is 10.1. The van der Waals surface area contributed by atoms with Gasteiger partial charge in [-0.3, -0.25) is 0 Å². The molecule has 4 heteroatoms. The van der Waals surface area contributed by atoms with Gasteiger partial charge in [-0.25, -0.2) is 4.98 Å². The number of nitriles is 1. The van der Waals surface area contributed by atoms with Crippen molar-refractivity contribution in [3.63, 3.8) is 0 Å². The monoisotopic (exact) mass is 262 g/mol. The number of hydrogen-bond acceptors (Lipinski definition) is 3. The summed E-state index contributed by atoms with van der Waals surface area (Å²) in [6, 6.07) is 7.60. The van der Waals surface area contributed by atoms with Gasteiger partial charge in [0.1, 0.15) is 17.5 Å². The van der Waals surface area contributed by atoms with Gasteiger partial charge in [-0.05, 0) is 18.2 Å². The van der Waals surface area contributed by atoms with Crippen molar-refractivity contribution in [1.82, 2.24) is 4.98 Å². The number of rotatable bonds is 1. The van der Waals surface area contributed by atoms with Crippen LogP contribution in [0.25, 0.3) is 10.8 Å². The molecule has 3 nitrogen and oxygen atoms in total. The molecule has 0 aliphatic heterocycles. The van der Waals surface area contributed by atoms with Gasteiger partial charge < -0.3 is 4.74 Å². The standard InChI is InChI=1S/C11H7BrN2O/c1-15-7-4-9-8(10(12)5-7)2-3-14-11(9)6-13/h2-5H,1H3. The third-order valence-electron chi connectivity index (χ3n) is 2.14. The topological polar surface area (TPSA) is 45.9 Å². The fourth-order valence-electron chi connectivity index (χ4n) is 1.42. The van der Waals surface area contributed by atoms with Crippen molar-refractivity contribution >= 4 is 26.7 Å². The van der Waals surface area contributed by atoms with E-state index < -0.39 is 0 Å². The van der Waals surface area contributed by atoms with Crippen LogP contribution in [0, 0.1) is 11.3 Å². The number of ether oxygens (including phenoxy) is 1. The van der Waals surface area contributed by atoms with Crippen molar-refractivity contribution < 1.29 is 4.74 Å². The Morgan fingerprint density at radius 3 is 2.87 bits per heavy atom. The molecule has 1 aromatic carbocycles. The van der Waals surface area contributed by atoms with Crippen molar-refractivity contribution in [2.75, 3.05) is 7.11 Å². The molecule has 2 aromatic rings. The van der Waals surface area contributed by atoms with Crippen molar-refractivity contribution in [3.8, 4) is 11.8 Å². The van der Waals surface area contributed by atoms with E-state index in [0.717, 1.165) is 15.2 Å². The Kier molecular flexibility index (Phi) is 2.57. The van der Waals surface area contributed by atoms with Crippen molar-refractivity contribution in [1.29, 1.82) is 5.26 Å². The molecule has 0 fully saturated rings. The highest BCUT2D eigenvalue weighted by atomic mass is 79.9. The van der Waals surface area contributed by atoms with Crippen LogP contribution in [-0.2, 0) is 0 Å². The van der Waals surface area contributed by atoms with Crippen LogP contribution >= 0.6 is 15.9 Å². The molecule has 0 atom stereocenters. The van der Waals surface area contributed by atoms with E-state index in [-0.39, 0.29) is 0 Å². The first kappa shape index (κ1) is 9.94. The van der Waals surface area contributed by atoms with Crippen LogP contribution in [0.1, 0.15) is 5.69 Å². The van der Waals surface area contributed by atoms with Gasteiger partial charge in [0.2, 0.25) is 0 Å². The Bertz CT molecular complexity index is 560. The number of hydrogen-bond donors (Lipinski definition) is 0. The zero-order valence-corrected chi connectivity index (χ0v) is 9.58. The molecule has 0 unspecified atom stereocenters. The highest BCUT2D eigenvalue weighted by Crippen LogP contribution is 2.30. The highest BCUT2D eigenvalue weighted by Gasteiger charge is 2.06. The van der Waals surface area contributed by atoms with Crippen LogP contribution < -0.4 is 4.74 Å². The fraction of sp³-hybridized carbons (Fsp3) is 0.0909. The molecule has 0 saturated heterocycles. The molecule has 0 N–H and O–H groups in total. The average Bonchev–Trinajstić information content (AvgIpc) is 2.28. The molecule has 0 amide bonds. The predicted octanol–water partition coefficient (Wildman–Crippen LogP) is 2.88. The largest absolute Gasteiger partial charge is 0.497 e. The maximum atomic E-state index is 8.92. The van der Waals surface area contributed by atoms with E-state index in [0.29, 0.717) is 11.4 Å². The molecule has 1 aromatic heterocycles. The summed E-state index contributed by atoms with van der Waals surface area (Å²) < 4.78 is 6.03. The van der Waals surface area contributed by atoms with Gasteiger partial charge in [0, 0.05) is 21.4 Å². The smallest absolute Gasteiger partial charge is 0.148 e. The van der Waals surface area contributed by atoms with E-state index in [9.17, 15) is 0 Å². The number of pyridine rings is 1. The van der Waals surface area contributed by atoms with Gasteiger partial charge in [-0.15, -0.1) is 0 Å². The number of halogens is 1. The number of benzene rings is 1. The minimum absolute atomic E-state index is 0.409. The molecule has 0 aliphatic rings. The molecular formula is C11H7BrN2O. The summed E-state index contributed by atoms with van der Waals surface area (Å²) >= 11 is 3.43. The van der Waals surface area contributed by atoms with E-state index in [1.54, 1.807) is 13.3 Å². The summed E-state index contributed by atoms with van der Waals surface area (Å²) in [7, 11) is 1.59. The SMILES string of the molecule is COc1cc(Br)c2ccnc(C#N)c2c1. The third-order valence-corrected chi connectivity index (χ3v) is 2.80. The van der Waals surface area contributed by atoms with Gasteiger partial charge >= 0.3 is 0 Å². The molecule has 15 heavy (non-hydrogen) atoms. The van der Waals surface area contributed by atoms with Gasteiger partial charge in [0.25, 0.3) is 0 Å². The minimum atomic E-state index is 0.409.